The molecule has 1 aromatic heterocycles. The van der Waals surface area contributed by atoms with Crippen LogP contribution >= 0.6 is 0 Å². The molecule has 0 aliphatic heterocycles. The highest BCUT2D eigenvalue weighted by Gasteiger charge is 2.06. The molecule has 2 rings (SSSR count). The van der Waals surface area contributed by atoms with E-state index in [1.807, 2.05) is 0 Å². The van der Waals surface area contributed by atoms with Crippen molar-refractivity contribution in [2.45, 2.75) is 12.8 Å². The van der Waals surface area contributed by atoms with Crippen LogP contribution in [0.5, 0.6) is 5.75 Å². The first-order valence-corrected chi connectivity index (χ1v) is 5.44. The molecule has 0 bridgehead atoms. The SMILES string of the molecule is O=Nc1ccc(OC(=O)CCc2ccco2)cc1. The van der Waals surface area contributed by atoms with Crippen LogP contribution in [-0.2, 0) is 11.2 Å². The third-order valence-corrected chi connectivity index (χ3v) is 2.33. The second-order valence-corrected chi connectivity index (χ2v) is 3.64. The van der Waals surface area contributed by atoms with Crippen molar-refractivity contribution in [2.24, 2.45) is 5.18 Å². The van der Waals surface area contributed by atoms with Crippen LogP contribution in [0.4, 0.5) is 5.69 Å². The smallest absolute Gasteiger partial charge is 0.311 e. The van der Waals surface area contributed by atoms with Crippen LogP contribution in [0.1, 0.15) is 12.2 Å². The summed E-state index contributed by atoms with van der Waals surface area (Å²) in [5, 5.41) is 2.76. The summed E-state index contributed by atoms with van der Waals surface area (Å²) in [5.41, 5.74) is 0.297. The van der Waals surface area contributed by atoms with Gasteiger partial charge in [-0.05, 0) is 41.6 Å². The zero-order chi connectivity index (χ0) is 12.8. The fourth-order valence-electron chi connectivity index (χ4n) is 1.44. The van der Waals surface area contributed by atoms with Crippen molar-refractivity contribution in [1.29, 1.82) is 0 Å². The second-order valence-electron chi connectivity index (χ2n) is 3.64. The number of furan rings is 1. The van der Waals surface area contributed by atoms with E-state index in [9.17, 15) is 9.70 Å². The molecule has 0 N–H and O–H groups in total. The van der Waals surface area contributed by atoms with Crippen molar-refractivity contribution in [3.8, 4) is 5.75 Å². The van der Waals surface area contributed by atoms with Gasteiger partial charge >= 0.3 is 5.97 Å². The fourth-order valence-corrected chi connectivity index (χ4v) is 1.44. The third kappa shape index (κ3) is 3.28. The Bertz CT molecular complexity index is 516. The quantitative estimate of drug-likeness (QED) is 0.460. The number of hydrogen-bond donors (Lipinski definition) is 0. The number of rotatable bonds is 5. The Morgan fingerprint density at radius 2 is 2.00 bits per heavy atom. The van der Waals surface area contributed by atoms with Gasteiger partial charge in [0, 0.05) is 6.42 Å². The molecular formula is C13H11NO4. The maximum absolute atomic E-state index is 11.5. The standard InChI is InChI=1S/C13H11NO4/c15-13(8-7-11-2-1-9-17-11)18-12-5-3-10(14-16)4-6-12/h1-6,9H,7-8H2. The molecule has 0 aliphatic carbocycles. The Morgan fingerprint density at radius 1 is 1.22 bits per heavy atom. The van der Waals surface area contributed by atoms with Crippen LogP contribution in [0.25, 0.3) is 0 Å². The number of benzene rings is 1. The summed E-state index contributed by atoms with van der Waals surface area (Å²) >= 11 is 0. The lowest BCUT2D eigenvalue weighted by atomic mass is 10.2. The Balaban J connectivity index is 1.84. The third-order valence-electron chi connectivity index (χ3n) is 2.33. The minimum Gasteiger partial charge on any atom is -0.469 e. The van der Waals surface area contributed by atoms with E-state index >= 15 is 0 Å². The monoisotopic (exact) mass is 245 g/mol. The molecule has 5 heteroatoms. The van der Waals surface area contributed by atoms with Gasteiger partial charge in [0.25, 0.3) is 0 Å². The summed E-state index contributed by atoms with van der Waals surface area (Å²) in [5.74, 6) is 0.789. The molecule has 0 amide bonds. The molecule has 0 radical (unpaired) electrons. The van der Waals surface area contributed by atoms with Gasteiger partial charge in [0.1, 0.15) is 17.2 Å². The summed E-state index contributed by atoms with van der Waals surface area (Å²) < 4.78 is 10.2. The molecule has 0 saturated carbocycles. The van der Waals surface area contributed by atoms with Gasteiger partial charge in [-0.15, -0.1) is 4.91 Å². The summed E-state index contributed by atoms with van der Waals surface area (Å²) in [6.45, 7) is 0. The number of aryl methyl sites for hydroxylation is 1. The average molecular weight is 245 g/mol. The lowest BCUT2D eigenvalue weighted by Crippen LogP contribution is -2.08. The van der Waals surface area contributed by atoms with Crippen LogP contribution < -0.4 is 4.74 Å². The molecule has 0 saturated heterocycles. The van der Waals surface area contributed by atoms with Crippen LogP contribution in [0.2, 0.25) is 0 Å². The van der Waals surface area contributed by atoms with E-state index in [0.717, 1.165) is 5.76 Å². The first kappa shape index (κ1) is 12.0. The lowest BCUT2D eigenvalue weighted by Gasteiger charge is -2.03. The molecule has 2 aromatic rings. The largest absolute Gasteiger partial charge is 0.469 e. The molecule has 1 aromatic carbocycles. The number of nitroso groups, excluding NO2 is 1. The molecular weight excluding hydrogens is 234 g/mol. The predicted molar refractivity (Wildman–Crippen MR) is 64.6 cm³/mol. The molecule has 0 unspecified atom stereocenters. The zero-order valence-electron chi connectivity index (χ0n) is 9.54. The van der Waals surface area contributed by atoms with Crippen LogP contribution in [0.3, 0.4) is 0 Å². The summed E-state index contributed by atoms with van der Waals surface area (Å²) in [6.07, 6.45) is 2.30. The van der Waals surface area contributed by atoms with Gasteiger partial charge in [-0.2, -0.15) is 0 Å². The summed E-state index contributed by atoms with van der Waals surface area (Å²) in [6, 6.07) is 9.61. The van der Waals surface area contributed by atoms with Gasteiger partial charge in [0.05, 0.1) is 12.7 Å². The Kier molecular flexibility index (Phi) is 3.86. The zero-order valence-corrected chi connectivity index (χ0v) is 9.54. The van der Waals surface area contributed by atoms with E-state index in [-0.39, 0.29) is 12.4 Å². The Hall–Kier alpha value is -2.43. The van der Waals surface area contributed by atoms with Gasteiger partial charge in [0.15, 0.2) is 0 Å². The maximum atomic E-state index is 11.5. The Morgan fingerprint density at radius 3 is 2.61 bits per heavy atom. The fraction of sp³-hybridized carbons (Fsp3) is 0.154. The number of carbonyl (C=O) groups is 1. The maximum Gasteiger partial charge on any atom is 0.311 e. The Labute approximate surface area is 103 Å². The highest BCUT2D eigenvalue weighted by atomic mass is 16.5. The molecule has 18 heavy (non-hydrogen) atoms. The van der Waals surface area contributed by atoms with E-state index < -0.39 is 0 Å². The van der Waals surface area contributed by atoms with Gasteiger partial charge in [-0.1, -0.05) is 0 Å². The molecule has 0 aliphatic rings. The van der Waals surface area contributed by atoms with Gasteiger partial charge in [-0.25, -0.2) is 0 Å². The molecule has 92 valence electrons. The topological polar surface area (TPSA) is 68.9 Å². The lowest BCUT2D eigenvalue weighted by molar-refractivity contribution is -0.134. The van der Waals surface area contributed by atoms with E-state index in [0.29, 0.717) is 17.9 Å². The van der Waals surface area contributed by atoms with Crippen LogP contribution in [0.15, 0.2) is 52.3 Å². The second kappa shape index (κ2) is 5.77. The molecule has 1 heterocycles. The number of ether oxygens (including phenoxy) is 1. The van der Waals surface area contributed by atoms with Crippen molar-refractivity contribution in [3.63, 3.8) is 0 Å². The number of hydrogen-bond acceptors (Lipinski definition) is 5. The van der Waals surface area contributed by atoms with Crippen molar-refractivity contribution in [3.05, 3.63) is 53.3 Å². The molecule has 0 spiro atoms. The van der Waals surface area contributed by atoms with E-state index in [4.69, 9.17) is 9.15 Å². The number of carbonyl (C=O) groups excluding carboxylic acids is 1. The van der Waals surface area contributed by atoms with Crippen LogP contribution in [0, 0.1) is 4.91 Å². The van der Waals surface area contributed by atoms with Crippen molar-refractivity contribution >= 4 is 11.7 Å². The predicted octanol–water partition coefficient (Wildman–Crippen LogP) is 3.22. The molecule has 0 atom stereocenters. The highest BCUT2D eigenvalue weighted by molar-refractivity contribution is 5.72. The van der Waals surface area contributed by atoms with Gasteiger partial charge < -0.3 is 9.15 Å². The number of esters is 1. The molecule has 5 nitrogen and oxygen atoms in total. The first-order valence-electron chi connectivity index (χ1n) is 5.44. The van der Waals surface area contributed by atoms with E-state index in [1.54, 1.807) is 18.4 Å². The van der Waals surface area contributed by atoms with Crippen molar-refractivity contribution < 1.29 is 13.9 Å². The summed E-state index contributed by atoms with van der Waals surface area (Å²) in [4.78, 5) is 21.7. The first-order chi connectivity index (χ1) is 8.78. The van der Waals surface area contributed by atoms with E-state index in [2.05, 4.69) is 5.18 Å². The van der Waals surface area contributed by atoms with Crippen LogP contribution in [-0.4, -0.2) is 5.97 Å². The minimum absolute atomic E-state index is 0.237. The van der Waals surface area contributed by atoms with E-state index in [1.165, 1.54) is 24.3 Å². The normalized spacial score (nSPS) is 10.0. The van der Waals surface area contributed by atoms with Crippen molar-refractivity contribution in [1.82, 2.24) is 0 Å². The number of nitrogens with zero attached hydrogens (tertiary/aromatic N) is 1. The van der Waals surface area contributed by atoms with Crippen molar-refractivity contribution in [2.75, 3.05) is 0 Å². The highest BCUT2D eigenvalue weighted by Crippen LogP contribution is 2.18. The molecule has 0 fully saturated rings. The van der Waals surface area contributed by atoms with Gasteiger partial charge in [0.2, 0.25) is 0 Å². The van der Waals surface area contributed by atoms with Gasteiger partial charge in [-0.3, -0.25) is 4.79 Å². The average Bonchev–Trinajstić information content (AvgIpc) is 2.90. The minimum atomic E-state index is -0.349. The summed E-state index contributed by atoms with van der Waals surface area (Å²) in [7, 11) is 0.